The van der Waals surface area contributed by atoms with Crippen LogP contribution in [-0.4, -0.2) is 23.5 Å². The van der Waals surface area contributed by atoms with E-state index in [0.29, 0.717) is 6.42 Å². The summed E-state index contributed by atoms with van der Waals surface area (Å²) >= 11 is 0. The fourth-order valence-electron chi connectivity index (χ4n) is 1.80. The van der Waals surface area contributed by atoms with Gasteiger partial charge in [-0.3, -0.25) is 4.79 Å². The summed E-state index contributed by atoms with van der Waals surface area (Å²) in [4.78, 5) is 23.6. The maximum atomic E-state index is 12.0. The molecule has 0 aliphatic heterocycles. The molecule has 0 bridgehead atoms. The summed E-state index contributed by atoms with van der Waals surface area (Å²) in [7, 11) is 0. The summed E-state index contributed by atoms with van der Waals surface area (Å²) in [6, 6.07) is -0.393. The second-order valence-corrected chi connectivity index (χ2v) is 5.64. The van der Waals surface area contributed by atoms with Crippen LogP contribution in [0.4, 0.5) is 4.79 Å². The van der Waals surface area contributed by atoms with Crippen LogP contribution in [0, 0.1) is 5.92 Å². The Morgan fingerprint density at radius 3 is 2.29 bits per heavy atom. The van der Waals surface area contributed by atoms with Crippen molar-refractivity contribution in [1.82, 2.24) is 5.32 Å². The molecule has 4 heteroatoms. The lowest BCUT2D eigenvalue weighted by Gasteiger charge is -2.29. The van der Waals surface area contributed by atoms with E-state index in [-0.39, 0.29) is 11.7 Å². The number of alkyl carbamates (subject to hydrolysis) is 1. The summed E-state index contributed by atoms with van der Waals surface area (Å²) in [5, 5.41) is 2.66. The molecular weight excluding hydrogens is 218 g/mol. The van der Waals surface area contributed by atoms with Gasteiger partial charge in [0.2, 0.25) is 0 Å². The fourth-order valence-corrected chi connectivity index (χ4v) is 1.80. The van der Waals surface area contributed by atoms with Crippen LogP contribution in [-0.2, 0) is 9.53 Å². The van der Waals surface area contributed by atoms with Crippen molar-refractivity contribution >= 4 is 11.9 Å². The SMILES string of the molecule is CC[C@H](NC(=O)OC(C)(C)C)C(=O)C1CCC1. The highest BCUT2D eigenvalue weighted by Gasteiger charge is 2.31. The molecule has 0 saturated heterocycles. The highest BCUT2D eigenvalue weighted by Crippen LogP contribution is 2.28. The van der Waals surface area contributed by atoms with Gasteiger partial charge in [0.1, 0.15) is 5.60 Å². The van der Waals surface area contributed by atoms with Crippen molar-refractivity contribution in [1.29, 1.82) is 0 Å². The fraction of sp³-hybridized carbons (Fsp3) is 0.846. The molecule has 0 spiro atoms. The topological polar surface area (TPSA) is 55.4 Å². The largest absolute Gasteiger partial charge is 0.444 e. The van der Waals surface area contributed by atoms with Crippen LogP contribution in [0.25, 0.3) is 0 Å². The van der Waals surface area contributed by atoms with Gasteiger partial charge in [-0.05, 0) is 40.0 Å². The quantitative estimate of drug-likeness (QED) is 0.823. The smallest absolute Gasteiger partial charge is 0.408 e. The van der Waals surface area contributed by atoms with E-state index in [1.54, 1.807) is 20.8 Å². The minimum absolute atomic E-state index is 0.148. The highest BCUT2D eigenvalue weighted by molar-refractivity contribution is 5.89. The van der Waals surface area contributed by atoms with Crippen LogP contribution in [0.15, 0.2) is 0 Å². The molecule has 1 N–H and O–H groups in total. The molecule has 98 valence electrons. The lowest BCUT2D eigenvalue weighted by Crippen LogP contribution is -2.46. The molecule has 0 unspecified atom stereocenters. The Hall–Kier alpha value is -1.06. The van der Waals surface area contributed by atoms with E-state index in [4.69, 9.17) is 4.74 Å². The molecule has 4 nitrogen and oxygen atoms in total. The summed E-state index contributed by atoms with van der Waals surface area (Å²) in [5.41, 5.74) is -0.526. The summed E-state index contributed by atoms with van der Waals surface area (Å²) in [5.74, 6) is 0.305. The van der Waals surface area contributed by atoms with Crippen molar-refractivity contribution in [3.05, 3.63) is 0 Å². The molecule has 0 radical (unpaired) electrons. The van der Waals surface area contributed by atoms with Crippen molar-refractivity contribution in [2.24, 2.45) is 5.92 Å². The summed E-state index contributed by atoms with van der Waals surface area (Å²) < 4.78 is 5.15. The van der Waals surface area contributed by atoms with Crippen molar-refractivity contribution < 1.29 is 14.3 Å². The molecule has 0 aromatic carbocycles. The molecule has 1 fully saturated rings. The van der Waals surface area contributed by atoms with E-state index in [9.17, 15) is 9.59 Å². The molecule has 1 saturated carbocycles. The number of carbonyl (C=O) groups excluding carboxylic acids is 2. The zero-order valence-electron chi connectivity index (χ0n) is 11.2. The lowest BCUT2D eigenvalue weighted by atomic mass is 9.79. The molecular formula is C13H23NO3. The van der Waals surface area contributed by atoms with E-state index < -0.39 is 17.7 Å². The van der Waals surface area contributed by atoms with Crippen LogP contribution in [0.3, 0.4) is 0 Å². The maximum Gasteiger partial charge on any atom is 0.408 e. The van der Waals surface area contributed by atoms with E-state index in [2.05, 4.69) is 5.32 Å². The minimum atomic E-state index is -0.526. The van der Waals surface area contributed by atoms with Gasteiger partial charge in [-0.15, -0.1) is 0 Å². The lowest BCUT2D eigenvalue weighted by molar-refractivity contribution is -0.127. The molecule has 1 atom stereocenters. The third-order valence-electron chi connectivity index (χ3n) is 2.95. The highest BCUT2D eigenvalue weighted by atomic mass is 16.6. The zero-order valence-corrected chi connectivity index (χ0v) is 11.2. The molecule has 1 aliphatic carbocycles. The molecule has 1 rings (SSSR count). The molecule has 1 amide bonds. The van der Waals surface area contributed by atoms with Crippen molar-refractivity contribution in [2.45, 2.75) is 65.0 Å². The first kappa shape index (κ1) is 14.0. The van der Waals surface area contributed by atoms with Gasteiger partial charge in [0.15, 0.2) is 5.78 Å². The Morgan fingerprint density at radius 2 is 1.94 bits per heavy atom. The zero-order chi connectivity index (χ0) is 13.1. The van der Waals surface area contributed by atoms with Crippen LogP contribution < -0.4 is 5.32 Å². The van der Waals surface area contributed by atoms with Gasteiger partial charge in [0, 0.05) is 5.92 Å². The normalized spacial score (nSPS) is 18.1. The molecule has 1 aliphatic rings. The molecule has 0 aromatic rings. The number of ether oxygens (including phenoxy) is 1. The van der Waals surface area contributed by atoms with Gasteiger partial charge in [0.05, 0.1) is 6.04 Å². The summed E-state index contributed by atoms with van der Waals surface area (Å²) in [6.07, 6.45) is 3.17. The van der Waals surface area contributed by atoms with Gasteiger partial charge in [-0.1, -0.05) is 13.3 Å². The molecule has 17 heavy (non-hydrogen) atoms. The number of carbonyl (C=O) groups is 2. The third-order valence-corrected chi connectivity index (χ3v) is 2.95. The number of hydrogen-bond acceptors (Lipinski definition) is 3. The van der Waals surface area contributed by atoms with Gasteiger partial charge < -0.3 is 10.1 Å². The summed E-state index contributed by atoms with van der Waals surface area (Å²) in [6.45, 7) is 7.32. The van der Waals surface area contributed by atoms with Crippen LogP contribution in [0.2, 0.25) is 0 Å². The number of Topliss-reactive ketones (excluding diaryl/α,β-unsaturated/α-hetero) is 1. The predicted octanol–water partition coefficient (Wildman–Crippen LogP) is 2.66. The molecule has 0 aromatic heterocycles. The number of ketones is 1. The third kappa shape index (κ3) is 4.36. The Kier molecular flexibility index (Phi) is 4.54. The van der Waals surface area contributed by atoms with Crippen LogP contribution in [0.1, 0.15) is 53.4 Å². The maximum absolute atomic E-state index is 12.0. The Balaban J connectivity index is 2.45. The standard InChI is InChI=1S/C13H23NO3/c1-5-10(11(15)9-7-6-8-9)14-12(16)17-13(2,3)4/h9-10H,5-8H2,1-4H3,(H,14,16)/t10-/m0/s1. The van der Waals surface area contributed by atoms with E-state index in [1.165, 1.54) is 0 Å². The van der Waals surface area contributed by atoms with E-state index in [0.717, 1.165) is 19.3 Å². The number of hydrogen-bond donors (Lipinski definition) is 1. The minimum Gasteiger partial charge on any atom is -0.444 e. The number of amides is 1. The van der Waals surface area contributed by atoms with Crippen LogP contribution in [0.5, 0.6) is 0 Å². The number of nitrogens with one attached hydrogen (secondary N) is 1. The van der Waals surface area contributed by atoms with E-state index >= 15 is 0 Å². The van der Waals surface area contributed by atoms with Gasteiger partial charge in [-0.2, -0.15) is 0 Å². The molecule has 0 heterocycles. The van der Waals surface area contributed by atoms with Gasteiger partial charge >= 0.3 is 6.09 Å². The Morgan fingerprint density at radius 1 is 1.35 bits per heavy atom. The Bertz CT molecular complexity index is 290. The first-order valence-electron chi connectivity index (χ1n) is 6.36. The second-order valence-electron chi connectivity index (χ2n) is 5.64. The monoisotopic (exact) mass is 241 g/mol. The van der Waals surface area contributed by atoms with Crippen molar-refractivity contribution in [2.75, 3.05) is 0 Å². The second kappa shape index (κ2) is 5.52. The average Bonchev–Trinajstić information content (AvgIpc) is 2.08. The van der Waals surface area contributed by atoms with Crippen molar-refractivity contribution in [3.8, 4) is 0 Å². The predicted molar refractivity (Wildman–Crippen MR) is 65.8 cm³/mol. The number of rotatable bonds is 4. The first-order chi connectivity index (χ1) is 7.83. The Labute approximate surface area is 103 Å². The van der Waals surface area contributed by atoms with E-state index in [1.807, 2.05) is 6.92 Å². The van der Waals surface area contributed by atoms with Gasteiger partial charge in [0.25, 0.3) is 0 Å². The average molecular weight is 241 g/mol. The van der Waals surface area contributed by atoms with Crippen molar-refractivity contribution in [3.63, 3.8) is 0 Å². The first-order valence-corrected chi connectivity index (χ1v) is 6.36. The van der Waals surface area contributed by atoms with Crippen LogP contribution >= 0.6 is 0 Å². The van der Waals surface area contributed by atoms with Gasteiger partial charge in [-0.25, -0.2) is 4.79 Å².